The molecule has 116 valence electrons. The molecule has 0 aromatic heterocycles. The molecule has 1 aromatic carbocycles. The summed E-state index contributed by atoms with van der Waals surface area (Å²) >= 11 is 5.35. The molecule has 0 saturated heterocycles. The normalized spacial score (nSPS) is 10.0. The molecule has 0 heterocycles. The average molecular weight is 309 g/mol. The zero-order valence-corrected chi connectivity index (χ0v) is 13.4. The minimum absolute atomic E-state index is 0.334. The fourth-order valence-corrected chi connectivity index (χ4v) is 2.10. The van der Waals surface area contributed by atoms with E-state index in [1.807, 2.05) is 43.3 Å². The second-order valence-corrected chi connectivity index (χ2v) is 5.45. The molecule has 0 fully saturated rings. The van der Waals surface area contributed by atoms with E-state index in [4.69, 9.17) is 17.4 Å². The van der Waals surface area contributed by atoms with Crippen LogP contribution in [0.15, 0.2) is 24.3 Å². The minimum atomic E-state index is -0.334. The lowest BCUT2D eigenvalue weighted by atomic mass is 10.1. The van der Waals surface area contributed by atoms with Gasteiger partial charge in [-0.15, -0.1) is 0 Å². The van der Waals surface area contributed by atoms with Crippen molar-refractivity contribution < 1.29 is 10.0 Å². The topological polar surface area (TPSA) is 64.6 Å². The number of nitrogens with zero attached hydrogens (tertiary/aromatic N) is 1. The van der Waals surface area contributed by atoms with Gasteiger partial charge in [0.2, 0.25) is 5.91 Å². The molecule has 0 atom stereocenters. The van der Waals surface area contributed by atoms with Crippen molar-refractivity contribution in [1.29, 1.82) is 0 Å². The number of anilines is 1. The average Bonchev–Trinajstić information content (AvgIpc) is 2.50. The first kappa shape index (κ1) is 17.4. The first-order valence-electron chi connectivity index (χ1n) is 7.03. The van der Waals surface area contributed by atoms with Gasteiger partial charge in [0.25, 0.3) is 0 Å². The van der Waals surface area contributed by atoms with E-state index in [2.05, 4.69) is 5.32 Å². The van der Waals surface area contributed by atoms with Crippen LogP contribution in [0.1, 0.15) is 31.2 Å². The van der Waals surface area contributed by atoms with Crippen LogP contribution in [0, 0.1) is 0 Å². The van der Waals surface area contributed by atoms with Crippen molar-refractivity contribution in [1.82, 2.24) is 10.8 Å². The van der Waals surface area contributed by atoms with E-state index in [1.54, 1.807) is 5.48 Å². The second kappa shape index (κ2) is 9.31. The highest BCUT2D eigenvalue weighted by Gasteiger charge is 2.02. The number of nitrogens with one attached hydrogen (secondary N) is 2. The van der Waals surface area contributed by atoms with Crippen LogP contribution >= 0.6 is 12.2 Å². The Labute approximate surface area is 131 Å². The van der Waals surface area contributed by atoms with Gasteiger partial charge in [0.05, 0.1) is 0 Å². The van der Waals surface area contributed by atoms with Crippen molar-refractivity contribution in [3.63, 3.8) is 0 Å². The Hall–Kier alpha value is -1.66. The molecule has 1 amide bonds. The number of carbonyl (C=O) groups excluding carboxylic acids is 1. The summed E-state index contributed by atoms with van der Waals surface area (Å²) in [5.74, 6) is -0.334. The van der Waals surface area contributed by atoms with Crippen molar-refractivity contribution in [2.24, 2.45) is 0 Å². The molecule has 0 bridgehead atoms. The smallest absolute Gasteiger partial charge is 0.243 e. The molecule has 5 nitrogen and oxygen atoms in total. The van der Waals surface area contributed by atoms with Crippen LogP contribution in [0.3, 0.4) is 0 Å². The number of carbonyl (C=O) groups is 1. The standard InChI is InChI=1S/C15H23N3O2S/c1-18(2)13-9-7-12(8-10-13)15(21)16-11-5-3-4-6-14(19)17-20/h7-10,20H,3-6,11H2,1-2H3,(H,16,21)(H,17,19). The fourth-order valence-electron chi connectivity index (χ4n) is 1.86. The van der Waals surface area contributed by atoms with Crippen molar-refractivity contribution in [3.05, 3.63) is 29.8 Å². The summed E-state index contributed by atoms with van der Waals surface area (Å²) in [6, 6.07) is 8.10. The highest BCUT2D eigenvalue weighted by molar-refractivity contribution is 7.80. The fraction of sp³-hybridized carbons (Fsp3) is 0.467. The number of hydroxylamine groups is 1. The molecule has 0 aliphatic carbocycles. The van der Waals surface area contributed by atoms with Gasteiger partial charge in [0.1, 0.15) is 4.99 Å². The van der Waals surface area contributed by atoms with Gasteiger partial charge in [-0.3, -0.25) is 10.0 Å². The first-order chi connectivity index (χ1) is 10.0. The van der Waals surface area contributed by atoms with E-state index < -0.39 is 0 Å². The zero-order chi connectivity index (χ0) is 15.7. The predicted octanol–water partition coefficient (Wildman–Crippen LogP) is 2.08. The van der Waals surface area contributed by atoms with Crippen LogP contribution in [0.2, 0.25) is 0 Å². The molecule has 0 saturated carbocycles. The lowest BCUT2D eigenvalue weighted by molar-refractivity contribution is -0.129. The van der Waals surface area contributed by atoms with Crippen molar-refractivity contribution >= 4 is 28.8 Å². The Morgan fingerprint density at radius 3 is 2.43 bits per heavy atom. The summed E-state index contributed by atoms with van der Waals surface area (Å²) in [5.41, 5.74) is 3.78. The summed E-state index contributed by atoms with van der Waals surface area (Å²) in [4.78, 5) is 13.6. The molecule has 0 aliphatic heterocycles. The molecule has 0 radical (unpaired) electrons. The van der Waals surface area contributed by atoms with Gasteiger partial charge >= 0.3 is 0 Å². The third-order valence-corrected chi connectivity index (χ3v) is 3.52. The van der Waals surface area contributed by atoms with Crippen LogP contribution in [0.4, 0.5) is 5.69 Å². The first-order valence-corrected chi connectivity index (χ1v) is 7.44. The monoisotopic (exact) mass is 309 g/mol. The Balaban J connectivity index is 2.23. The van der Waals surface area contributed by atoms with Gasteiger partial charge in [-0.05, 0) is 37.1 Å². The molecular weight excluding hydrogens is 286 g/mol. The van der Waals surface area contributed by atoms with Gasteiger partial charge in [-0.1, -0.05) is 18.6 Å². The molecule has 0 aliphatic rings. The SMILES string of the molecule is CN(C)c1ccc(C(=S)NCCCCCC(=O)NO)cc1. The van der Waals surface area contributed by atoms with E-state index in [0.29, 0.717) is 6.42 Å². The van der Waals surface area contributed by atoms with E-state index in [1.165, 1.54) is 0 Å². The molecule has 0 spiro atoms. The van der Waals surface area contributed by atoms with Crippen LogP contribution in [0.25, 0.3) is 0 Å². The van der Waals surface area contributed by atoms with Crippen LogP contribution in [0.5, 0.6) is 0 Å². The Morgan fingerprint density at radius 1 is 1.19 bits per heavy atom. The largest absolute Gasteiger partial charge is 0.378 e. The summed E-state index contributed by atoms with van der Waals surface area (Å²) < 4.78 is 0. The Bertz CT molecular complexity index is 460. The van der Waals surface area contributed by atoms with E-state index in [9.17, 15) is 4.79 Å². The summed E-state index contributed by atoms with van der Waals surface area (Å²) in [6.07, 6.45) is 2.97. The lowest BCUT2D eigenvalue weighted by Crippen LogP contribution is -2.23. The Morgan fingerprint density at radius 2 is 1.86 bits per heavy atom. The number of amides is 1. The third kappa shape index (κ3) is 6.55. The maximum absolute atomic E-state index is 10.8. The maximum atomic E-state index is 10.8. The lowest BCUT2D eigenvalue weighted by Gasteiger charge is -2.13. The number of benzene rings is 1. The quantitative estimate of drug-likeness (QED) is 0.297. The maximum Gasteiger partial charge on any atom is 0.243 e. The summed E-state index contributed by atoms with van der Waals surface area (Å²) in [6.45, 7) is 0.787. The van der Waals surface area contributed by atoms with E-state index in [-0.39, 0.29) is 5.91 Å². The molecule has 1 rings (SSSR count). The van der Waals surface area contributed by atoms with E-state index >= 15 is 0 Å². The van der Waals surface area contributed by atoms with Gasteiger partial charge in [-0.25, -0.2) is 5.48 Å². The van der Waals surface area contributed by atoms with Gasteiger partial charge < -0.3 is 10.2 Å². The predicted molar refractivity (Wildman–Crippen MR) is 88.9 cm³/mol. The number of unbranched alkanes of at least 4 members (excludes halogenated alkanes) is 2. The Kier molecular flexibility index (Phi) is 7.71. The van der Waals surface area contributed by atoms with Crippen molar-refractivity contribution in [2.45, 2.75) is 25.7 Å². The molecule has 1 aromatic rings. The number of rotatable bonds is 8. The van der Waals surface area contributed by atoms with Crippen molar-refractivity contribution in [3.8, 4) is 0 Å². The van der Waals surface area contributed by atoms with Gasteiger partial charge in [0, 0.05) is 38.3 Å². The van der Waals surface area contributed by atoms with Crippen molar-refractivity contribution in [2.75, 3.05) is 25.5 Å². The third-order valence-electron chi connectivity index (χ3n) is 3.14. The molecule has 6 heteroatoms. The molecule has 0 unspecified atom stereocenters. The van der Waals surface area contributed by atoms with Gasteiger partial charge in [-0.2, -0.15) is 0 Å². The minimum Gasteiger partial charge on any atom is -0.378 e. The van der Waals surface area contributed by atoms with Crippen LogP contribution in [-0.2, 0) is 4.79 Å². The molecule has 3 N–H and O–H groups in total. The molecule has 21 heavy (non-hydrogen) atoms. The van der Waals surface area contributed by atoms with Gasteiger partial charge in [0.15, 0.2) is 0 Å². The summed E-state index contributed by atoms with van der Waals surface area (Å²) in [5, 5.41) is 11.6. The van der Waals surface area contributed by atoms with E-state index in [0.717, 1.165) is 42.0 Å². The van der Waals surface area contributed by atoms with Crippen LogP contribution in [-0.4, -0.2) is 36.7 Å². The highest BCUT2D eigenvalue weighted by Crippen LogP contribution is 2.12. The zero-order valence-electron chi connectivity index (χ0n) is 12.6. The number of hydrogen-bond donors (Lipinski definition) is 3. The number of hydrogen-bond acceptors (Lipinski definition) is 4. The number of thiocarbonyl (C=S) groups is 1. The molecular formula is C15H23N3O2S. The highest BCUT2D eigenvalue weighted by atomic mass is 32.1. The summed E-state index contributed by atoms with van der Waals surface area (Å²) in [7, 11) is 4.01. The van der Waals surface area contributed by atoms with Crippen LogP contribution < -0.4 is 15.7 Å². The second-order valence-electron chi connectivity index (χ2n) is 5.04.